The van der Waals surface area contributed by atoms with Crippen molar-refractivity contribution in [3.05, 3.63) is 59.4 Å². The molecule has 2 N–H and O–H groups in total. The Labute approximate surface area is 161 Å². The summed E-state index contributed by atoms with van der Waals surface area (Å²) in [5.74, 6) is -0.978. The van der Waals surface area contributed by atoms with Crippen molar-refractivity contribution < 1.29 is 28.6 Å². The number of carboxylic acid groups (broad SMARTS) is 1. The van der Waals surface area contributed by atoms with Gasteiger partial charge in [-0.1, -0.05) is 18.2 Å². The van der Waals surface area contributed by atoms with Crippen molar-refractivity contribution >= 4 is 11.9 Å². The predicted molar refractivity (Wildman–Crippen MR) is 97.8 cm³/mol. The summed E-state index contributed by atoms with van der Waals surface area (Å²) in [6.45, 7) is 2.40. The van der Waals surface area contributed by atoms with E-state index in [1.807, 2.05) is 18.2 Å². The van der Waals surface area contributed by atoms with Crippen LogP contribution in [0.1, 0.15) is 30.4 Å². The Hall–Kier alpha value is -3.09. The first-order chi connectivity index (χ1) is 13.4. The minimum atomic E-state index is -1.63. The normalized spacial score (nSPS) is 22.1. The van der Waals surface area contributed by atoms with Crippen LogP contribution in [-0.4, -0.2) is 30.2 Å². The molecule has 6 nitrogen and oxygen atoms in total. The molecule has 4 rings (SSSR count). The van der Waals surface area contributed by atoms with Crippen LogP contribution >= 0.6 is 0 Å². The second-order valence-corrected chi connectivity index (χ2v) is 7.28. The monoisotopic (exact) mass is 385 g/mol. The minimum Gasteiger partial charge on any atom is -0.486 e. The molecule has 2 aromatic rings. The van der Waals surface area contributed by atoms with E-state index in [-0.39, 0.29) is 17.7 Å². The summed E-state index contributed by atoms with van der Waals surface area (Å²) in [5, 5.41) is 12.3. The van der Waals surface area contributed by atoms with Gasteiger partial charge in [0.25, 0.3) is 0 Å². The molecular weight excluding hydrogens is 365 g/mol. The molecule has 1 heterocycles. The third-order valence-corrected chi connectivity index (χ3v) is 5.34. The van der Waals surface area contributed by atoms with Crippen LogP contribution in [0.5, 0.6) is 11.5 Å². The van der Waals surface area contributed by atoms with E-state index in [1.54, 1.807) is 0 Å². The zero-order valence-electron chi connectivity index (χ0n) is 15.3. The Morgan fingerprint density at radius 3 is 2.46 bits per heavy atom. The summed E-state index contributed by atoms with van der Waals surface area (Å²) >= 11 is 0. The van der Waals surface area contributed by atoms with Gasteiger partial charge in [0.05, 0.1) is 0 Å². The average Bonchev–Trinajstić information content (AvgIpc) is 3.49. The Balaban J connectivity index is 1.49. The van der Waals surface area contributed by atoms with Gasteiger partial charge in [0.15, 0.2) is 17.0 Å². The molecule has 7 heteroatoms. The van der Waals surface area contributed by atoms with E-state index in [0.717, 1.165) is 5.56 Å². The standard InChI is InChI=1S/C21H20FNO5/c1-21(20(25)26,13-3-5-14(22)6-4-13)23-19(24)16-11-15(16)12-2-7-17-18(10-12)28-9-8-27-17/h2-7,10,15-16H,8-9,11H2,1H3,(H,23,24)(H,25,26). The van der Waals surface area contributed by atoms with Gasteiger partial charge in [-0.3, -0.25) is 4.79 Å². The fourth-order valence-electron chi connectivity index (χ4n) is 3.52. The van der Waals surface area contributed by atoms with Crippen LogP contribution in [0.25, 0.3) is 0 Å². The van der Waals surface area contributed by atoms with Crippen molar-refractivity contribution in [3.63, 3.8) is 0 Å². The van der Waals surface area contributed by atoms with Crippen LogP contribution in [0, 0.1) is 11.7 Å². The van der Waals surface area contributed by atoms with E-state index in [1.165, 1.54) is 31.2 Å². The first kappa shape index (κ1) is 18.3. The van der Waals surface area contributed by atoms with Gasteiger partial charge in [-0.2, -0.15) is 0 Å². The number of benzene rings is 2. The zero-order chi connectivity index (χ0) is 19.9. The van der Waals surface area contributed by atoms with Crippen LogP contribution in [-0.2, 0) is 15.1 Å². The maximum Gasteiger partial charge on any atom is 0.333 e. The molecule has 2 aliphatic rings. The zero-order valence-corrected chi connectivity index (χ0v) is 15.3. The van der Waals surface area contributed by atoms with Crippen molar-refractivity contribution in [2.24, 2.45) is 5.92 Å². The van der Waals surface area contributed by atoms with E-state index in [2.05, 4.69) is 5.32 Å². The summed E-state index contributed by atoms with van der Waals surface area (Å²) in [4.78, 5) is 24.6. The second-order valence-electron chi connectivity index (χ2n) is 7.28. The maximum absolute atomic E-state index is 13.2. The third kappa shape index (κ3) is 3.28. The maximum atomic E-state index is 13.2. The predicted octanol–water partition coefficient (Wildman–Crippen LogP) is 2.82. The first-order valence-corrected chi connectivity index (χ1v) is 9.09. The van der Waals surface area contributed by atoms with Crippen LogP contribution in [0.15, 0.2) is 42.5 Å². The summed E-state index contributed by atoms with van der Waals surface area (Å²) in [6.07, 6.45) is 0.630. The van der Waals surface area contributed by atoms with Gasteiger partial charge in [0.1, 0.15) is 19.0 Å². The Bertz CT molecular complexity index is 929. The quantitative estimate of drug-likeness (QED) is 0.827. The number of rotatable bonds is 5. The number of carbonyl (C=O) groups is 2. The Kier molecular flexibility index (Phi) is 4.45. The lowest BCUT2D eigenvalue weighted by molar-refractivity contribution is -0.147. The van der Waals surface area contributed by atoms with E-state index < -0.39 is 17.3 Å². The molecule has 146 valence electrons. The average molecular weight is 385 g/mol. The van der Waals surface area contributed by atoms with Gasteiger partial charge in [0.2, 0.25) is 5.91 Å². The van der Waals surface area contributed by atoms with Gasteiger partial charge in [-0.15, -0.1) is 0 Å². The van der Waals surface area contributed by atoms with Crippen molar-refractivity contribution in [1.82, 2.24) is 5.32 Å². The van der Waals surface area contributed by atoms with E-state index >= 15 is 0 Å². The summed E-state index contributed by atoms with van der Waals surface area (Å²) < 4.78 is 24.3. The number of fused-ring (bicyclic) bond motifs is 1. The number of hydrogen-bond acceptors (Lipinski definition) is 4. The number of ether oxygens (including phenoxy) is 2. The lowest BCUT2D eigenvalue weighted by Gasteiger charge is -2.27. The molecule has 0 bridgehead atoms. The molecule has 1 amide bonds. The minimum absolute atomic E-state index is 0.00193. The van der Waals surface area contributed by atoms with Crippen molar-refractivity contribution in [3.8, 4) is 11.5 Å². The molecule has 0 radical (unpaired) electrons. The second kappa shape index (κ2) is 6.82. The first-order valence-electron chi connectivity index (χ1n) is 9.09. The third-order valence-electron chi connectivity index (χ3n) is 5.34. The molecule has 1 aliphatic carbocycles. The highest BCUT2D eigenvalue weighted by atomic mass is 19.1. The molecule has 1 aliphatic heterocycles. The topological polar surface area (TPSA) is 84.9 Å². The fourth-order valence-corrected chi connectivity index (χ4v) is 3.52. The highest BCUT2D eigenvalue weighted by Gasteiger charge is 2.47. The number of carboxylic acids is 1. The van der Waals surface area contributed by atoms with Crippen molar-refractivity contribution in [1.29, 1.82) is 0 Å². The number of aliphatic carboxylic acids is 1. The number of amides is 1. The van der Waals surface area contributed by atoms with E-state index in [4.69, 9.17) is 9.47 Å². The van der Waals surface area contributed by atoms with Gasteiger partial charge in [0, 0.05) is 5.92 Å². The summed E-state index contributed by atoms with van der Waals surface area (Å²) in [6, 6.07) is 10.7. The molecule has 1 fully saturated rings. The Morgan fingerprint density at radius 1 is 1.11 bits per heavy atom. The summed E-state index contributed by atoms with van der Waals surface area (Å²) in [5.41, 5.74) is -0.362. The molecule has 28 heavy (non-hydrogen) atoms. The van der Waals surface area contributed by atoms with Gasteiger partial charge >= 0.3 is 5.97 Å². The molecule has 0 aromatic heterocycles. The molecule has 3 atom stereocenters. The highest BCUT2D eigenvalue weighted by Crippen LogP contribution is 2.49. The highest BCUT2D eigenvalue weighted by molar-refractivity contribution is 5.90. The molecule has 2 aromatic carbocycles. The fraction of sp³-hybridized carbons (Fsp3) is 0.333. The van der Waals surface area contributed by atoms with Crippen LogP contribution in [0.2, 0.25) is 0 Å². The van der Waals surface area contributed by atoms with E-state index in [0.29, 0.717) is 36.7 Å². The van der Waals surface area contributed by atoms with Crippen molar-refractivity contribution in [2.45, 2.75) is 24.8 Å². The van der Waals surface area contributed by atoms with Crippen LogP contribution in [0.4, 0.5) is 4.39 Å². The van der Waals surface area contributed by atoms with Crippen LogP contribution in [0.3, 0.4) is 0 Å². The lowest BCUT2D eigenvalue weighted by atomic mass is 9.91. The molecule has 1 saturated carbocycles. The molecule has 0 spiro atoms. The van der Waals surface area contributed by atoms with Crippen molar-refractivity contribution in [2.75, 3.05) is 13.2 Å². The van der Waals surface area contributed by atoms with Gasteiger partial charge in [-0.25, -0.2) is 9.18 Å². The smallest absolute Gasteiger partial charge is 0.333 e. The van der Waals surface area contributed by atoms with Gasteiger partial charge < -0.3 is 19.9 Å². The molecule has 0 saturated heterocycles. The Morgan fingerprint density at radius 2 is 1.79 bits per heavy atom. The summed E-state index contributed by atoms with van der Waals surface area (Å²) in [7, 11) is 0. The number of nitrogens with one attached hydrogen (secondary N) is 1. The molecular formula is C21H20FNO5. The molecule has 3 unspecified atom stereocenters. The SMILES string of the molecule is CC(NC(=O)C1CC1c1ccc2c(c1)OCCO2)(C(=O)O)c1ccc(F)cc1. The number of hydrogen-bond donors (Lipinski definition) is 2. The number of halogens is 1. The number of carbonyl (C=O) groups excluding carboxylic acids is 1. The van der Waals surface area contributed by atoms with Gasteiger partial charge in [-0.05, 0) is 54.7 Å². The van der Waals surface area contributed by atoms with E-state index in [9.17, 15) is 19.1 Å². The largest absolute Gasteiger partial charge is 0.486 e. The van der Waals surface area contributed by atoms with Crippen LogP contribution < -0.4 is 14.8 Å². The lowest BCUT2D eigenvalue weighted by Crippen LogP contribution is -2.50.